The van der Waals surface area contributed by atoms with E-state index in [1.165, 1.54) is 25.7 Å². The van der Waals surface area contributed by atoms with E-state index in [-0.39, 0.29) is 11.6 Å². The van der Waals surface area contributed by atoms with E-state index in [9.17, 15) is 4.79 Å². The molecule has 3 heteroatoms. The van der Waals surface area contributed by atoms with E-state index in [4.69, 9.17) is 0 Å². The van der Waals surface area contributed by atoms with Crippen molar-refractivity contribution in [3.63, 3.8) is 0 Å². The van der Waals surface area contributed by atoms with Gasteiger partial charge in [-0.05, 0) is 45.4 Å². The maximum absolute atomic E-state index is 11.5. The summed E-state index contributed by atoms with van der Waals surface area (Å²) in [5, 5.41) is 5.87. The molecule has 0 aromatic carbocycles. The van der Waals surface area contributed by atoms with Gasteiger partial charge in [-0.3, -0.25) is 0 Å². The van der Waals surface area contributed by atoms with E-state index < -0.39 is 0 Å². The maximum Gasteiger partial charge on any atom is 0.315 e. The molecule has 1 aliphatic carbocycles. The van der Waals surface area contributed by atoms with Gasteiger partial charge in [-0.15, -0.1) is 0 Å². The summed E-state index contributed by atoms with van der Waals surface area (Å²) in [6, 6.07) is -0.0404. The van der Waals surface area contributed by atoms with E-state index in [1.54, 1.807) is 0 Å². The van der Waals surface area contributed by atoms with Crippen molar-refractivity contribution in [2.75, 3.05) is 6.54 Å². The van der Waals surface area contributed by atoms with Crippen LogP contribution in [0.3, 0.4) is 0 Å². The fourth-order valence-corrected chi connectivity index (χ4v) is 2.60. The molecule has 0 aromatic heterocycles. The van der Waals surface area contributed by atoms with Crippen LogP contribution in [0.15, 0.2) is 0 Å². The fourth-order valence-electron chi connectivity index (χ4n) is 2.60. The van der Waals surface area contributed by atoms with Crippen molar-refractivity contribution < 1.29 is 4.79 Å². The average molecular weight is 240 g/mol. The molecule has 2 unspecified atom stereocenters. The van der Waals surface area contributed by atoms with Gasteiger partial charge >= 0.3 is 6.03 Å². The summed E-state index contributed by atoms with van der Waals surface area (Å²) in [4.78, 5) is 11.5. The van der Waals surface area contributed by atoms with Gasteiger partial charge in [-0.1, -0.05) is 26.2 Å². The van der Waals surface area contributed by atoms with E-state index >= 15 is 0 Å². The standard InChI is InChI=1S/C14H28N2O/c1-11-6-5-7-12(10-11)8-9-15-13(17)16-14(2,3)4/h11-12H,5-10H2,1-4H3,(H2,15,16,17). The molecular weight excluding hydrogens is 212 g/mol. The Bertz CT molecular complexity index is 245. The van der Waals surface area contributed by atoms with E-state index in [0.29, 0.717) is 0 Å². The number of carbonyl (C=O) groups excluding carboxylic acids is 1. The van der Waals surface area contributed by atoms with Crippen molar-refractivity contribution in [3.8, 4) is 0 Å². The van der Waals surface area contributed by atoms with Crippen LogP contribution >= 0.6 is 0 Å². The number of urea groups is 1. The van der Waals surface area contributed by atoms with Crippen LogP contribution in [0.2, 0.25) is 0 Å². The highest BCUT2D eigenvalue weighted by Crippen LogP contribution is 2.30. The Morgan fingerprint density at radius 1 is 1.29 bits per heavy atom. The minimum Gasteiger partial charge on any atom is -0.338 e. The molecule has 2 amide bonds. The normalized spacial score (nSPS) is 25.4. The molecule has 2 N–H and O–H groups in total. The maximum atomic E-state index is 11.5. The summed E-state index contributed by atoms with van der Waals surface area (Å²) in [5.41, 5.74) is -0.149. The van der Waals surface area contributed by atoms with Crippen LogP contribution in [-0.2, 0) is 0 Å². The Kier molecular flexibility index (Phi) is 5.29. The van der Waals surface area contributed by atoms with Crippen molar-refractivity contribution >= 4 is 6.03 Å². The Labute approximate surface area is 106 Å². The number of rotatable bonds is 3. The summed E-state index contributed by atoms with van der Waals surface area (Å²) < 4.78 is 0. The number of hydrogen-bond acceptors (Lipinski definition) is 1. The molecule has 0 aromatic rings. The van der Waals surface area contributed by atoms with Gasteiger partial charge in [0.15, 0.2) is 0 Å². The largest absolute Gasteiger partial charge is 0.338 e. The lowest BCUT2D eigenvalue weighted by atomic mass is 9.81. The Balaban J connectivity index is 2.13. The molecule has 0 radical (unpaired) electrons. The van der Waals surface area contributed by atoms with Gasteiger partial charge in [0.1, 0.15) is 0 Å². The van der Waals surface area contributed by atoms with E-state index in [2.05, 4.69) is 17.6 Å². The molecule has 100 valence electrons. The first-order valence-corrected chi connectivity index (χ1v) is 6.93. The van der Waals surface area contributed by atoms with Crippen LogP contribution in [0.1, 0.15) is 59.8 Å². The molecule has 1 fully saturated rings. The summed E-state index contributed by atoms with van der Waals surface area (Å²) in [7, 11) is 0. The number of hydrogen-bond donors (Lipinski definition) is 2. The second-order valence-electron chi connectivity index (χ2n) is 6.56. The third kappa shape index (κ3) is 6.54. The Morgan fingerprint density at radius 2 is 2.00 bits per heavy atom. The first-order chi connectivity index (χ1) is 7.87. The summed E-state index contributed by atoms with van der Waals surface area (Å²) in [6.07, 6.45) is 6.55. The molecule has 0 saturated heterocycles. The van der Waals surface area contributed by atoms with Crippen molar-refractivity contribution in [2.24, 2.45) is 11.8 Å². The lowest BCUT2D eigenvalue weighted by molar-refractivity contribution is 0.228. The second kappa shape index (κ2) is 6.27. The zero-order chi connectivity index (χ0) is 12.9. The quantitative estimate of drug-likeness (QED) is 0.781. The zero-order valence-corrected chi connectivity index (χ0v) is 11.8. The van der Waals surface area contributed by atoms with Crippen molar-refractivity contribution in [1.82, 2.24) is 10.6 Å². The third-order valence-corrected chi connectivity index (χ3v) is 3.37. The van der Waals surface area contributed by atoms with Gasteiger partial charge in [-0.25, -0.2) is 4.79 Å². The molecule has 0 aliphatic heterocycles. The first-order valence-electron chi connectivity index (χ1n) is 6.93. The molecule has 1 rings (SSSR count). The molecule has 17 heavy (non-hydrogen) atoms. The summed E-state index contributed by atoms with van der Waals surface area (Å²) >= 11 is 0. The highest BCUT2D eigenvalue weighted by atomic mass is 16.2. The second-order valence-corrected chi connectivity index (χ2v) is 6.56. The van der Waals surface area contributed by atoms with Crippen molar-refractivity contribution in [3.05, 3.63) is 0 Å². The van der Waals surface area contributed by atoms with Crippen LogP contribution in [0.5, 0.6) is 0 Å². The molecule has 0 spiro atoms. The highest BCUT2D eigenvalue weighted by Gasteiger charge is 2.19. The number of amides is 2. The van der Waals surface area contributed by atoms with E-state index in [0.717, 1.165) is 24.8 Å². The lowest BCUT2D eigenvalue weighted by Gasteiger charge is -2.27. The monoisotopic (exact) mass is 240 g/mol. The van der Waals surface area contributed by atoms with Gasteiger partial charge in [0, 0.05) is 12.1 Å². The molecular formula is C14H28N2O. The van der Waals surface area contributed by atoms with Crippen LogP contribution in [0.4, 0.5) is 4.79 Å². The van der Waals surface area contributed by atoms with Crippen LogP contribution in [0, 0.1) is 11.8 Å². The smallest absolute Gasteiger partial charge is 0.315 e. The summed E-state index contributed by atoms with van der Waals surface area (Å²) in [5.74, 6) is 1.69. The fraction of sp³-hybridized carbons (Fsp3) is 0.929. The topological polar surface area (TPSA) is 41.1 Å². The predicted octanol–water partition coefficient (Wildman–Crippen LogP) is 3.30. The van der Waals surface area contributed by atoms with Gasteiger partial charge < -0.3 is 10.6 Å². The van der Waals surface area contributed by atoms with Gasteiger partial charge in [0.25, 0.3) is 0 Å². The Hall–Kier alpha value is -0.730. The average Bonchev–Trinajstić information content (AvgIpc) is 2.14. The summed E-state index contributed by atoms with van der Waals surface area (Å²) in [6.45, 7) is 9.13. The van der Waals surface area contributed by atoms with Crippen LogP contribution < -0.4 is 10.6 Å². The zero-order valence-electron chi connectivity index (χ0n) is 11.8. The third-order valence-electron chi connectivity index (χ3n) is 3.37. The Morgan fingerprint density at radius 3 is 2.59 bits per heavy atom. The van der Waals surface area contributed by atoms with E-state index in [1.807, 2.05) is 20.8 Å². The van der Waals surface area contributed by atoms with Crippen molar-refractivity contribution in [1.29, 1.82) is 0 Å². The van der Waals surface area contributed by atoms with Crippen molar-refractivity contribution in [2.45, 2.75) is 65.3 Å². The first kappa shape index (κ1) is 14.3. The number of carbonyl (C=O) groups is 1. The van der Waals surface area contributed by atoms with Crippen LogP contribution in [-0.4, -0.2) is 18.1 Å². The van der Waals surface area contributed by atoms with Gasteiger partial charge in [0.05, 0.1) is 0 Å². The van der Waals surface area contributed by atoms with Gasteiger partial charge in [0.2, 0.25) is 0 Å². The van der Waals surface area contributed by atoms with Crippen LogP contribution in [0.25, 0.3) is 0 Å². The highest BCUT2D eigenvalue weighted by molar-refractivity contribution is 5.74. The molecule has 0 bridgehead atoms. The molecule has 0 heterocycles. The molecule has 1 aliphatic rings. The van der Waals surface area contributed by atoms with Gasteiger partial charge in [-0.2, -0.15) is 0 Å². The predicted molar refractivity (Wildman–Crippen MR) is 72.0 cm³/mol. The lowest BCUT2D eigenvalue weighted by Crippen LogP contribution is -2.46. The molecule has 2 atom stereocenters. The number of nitrogens with one attached hydrogen (secondary N) is 2. The minimum absolute atomic E-state index is 0.0404. The molecule has 3 nitrogen and oxygen atoms in total. The minimum atomic E-state index is -0.149. The molecule has 1 saturated carbocycles. The SMILES string of the molecule is CC1CCCC(CCNC(=O)NC(C)(C)C)C1.